The van der Waals surface area contributed by atoms with E-state index in [0.717, 1.165) is 0 Å². The van der Waals surface area contributed by atoms with Gasteiger partial charge in [0.15, 0.2) is 5.54 Å². The molecule has 3 N–H and O–H groups in total. The molecule has 6 aromatic rings. The van der Waals surface area contributed by atoms with Crippen LogP contribution in [0.15, 0.2) is 63.4 Å². The molecule has 3 atom stereocenters. The average Bonchev–Trinajstić information content (AvgIpc) is 3.85. The minimum atomic E-state index is -1.47. The highest BCUT2D eigenvalue weighted by molar-refractivity contribution is 7.09. The summed E-state index contributed by atoms with van der Waals surface area (Å²) in [7, 11) is 0. The van der Waals surface area contributed by atoms with Crippen molar-refractivity contribution < 1.29 is 9.15 Å². The van der Waals surface area contributed by atoms with Gasteiger partial charge in [-0.25, -0.2) is 15.0 Å². The Kier molecular flexibility index (Phi) is 5.01. The van der Waals surface area contributed by atoms with Crippen molar-refractivity contribution in [1.29, 1.82) is 0 Å². The first-order chi connectivity index (χ1) is 19.9. The van der Waals surface area contributed by atoms with E-state index in [4.69, 9.17) is 23.5 Å². The fourth-order valence-corrected chi connectivity index (χ4v) is 6.94. The number of aromatic amines is 3. The first kappa shape index (κ1) is 22.9. The molecule has 200 valence electrons. The van der Waals surface area contributed by atoms with Crippen LogP contribution in [0.5, 0.6) is 0 Å². The van der Waals surface area contributed by atoms with E-state index in [0.29, 0.717) is 41.3 Å². The number of rotatable bonds is 7. The van der Waals surface area contributed by atoms with Gasteiger partial charge in [0.05, 0.1) is 24.6 Å². The number of anilines is 2. The van der Waals surface area contributed by atoms with Gasteiger partial charge in [-0.05, 0) is 28.9 Å². The number of thiazole rings is 1. The van der Waals surface area contributed by atoms with E-state index in [1.165, 1.54) is 29.1 Å². The second-order valence-corrected chi connectivity index (χ2v) is 10.3. The van der Waals surface area contributed by atoms with Gasteiger partial charge in [-0.3, -0.25) is 10.00 Å². The van der Waals surface area contributed by atoms with Crippen LogP contribution in [0.4, 0.5) is 11.8 Å². The Morgan fingerprint density at radius 1 is 1.05 bits per heavy atom. The van der Waals surface area contributed by atoms with Crippen LogP contribution < -0.4 is 9.80 Å². The van der Waals surface area contributed by atoms with E-state index < -0.39 is 17.2 Å². The van der Waals surface area contributed by atoms with E-state index in [2.05, 4.69) is 51.2 Å². The number of nitrogens with one attached hydrogen (secondary N) is 3. The lowest BCUT2D eigenvalue weighted by molar-refractivity contribution is 0.289. The molecule has 8 rings (SSSR count). The second-order valence-electron chi connectivity index (χ2n) is 8.69. The molecule has 0 radical (unpaired) electrons. The molecule has 1 fully saturated rings. The third-order valence-corrected chi connectivity index (χ3v) is 8.30. The van der Waals surface area contributed by atoms with Crippen LogP contribution >= 0.6 is 22.9 Å². The fraction of sp³-hybridized carbons (Fsp3) is 0.238. The lowest BCUT2D eigenvalue weighted by atomic mass is 9.83. The third-order valence-electron chi connectivity index (χ3n) is 6.88. The highest BCUT2D eigenvalue weighted by atomic mass is 32.1. The van der Waals surface area contributed by atoms with Crippen LogP contribution in [0.1, 0.15) is 28.3 Å². The van der Waals surface area contributed by atoms with Gasteiger partial charge in [-0.1, -0.05) is 0 Å². The SMILES string of the molecule is c1cc(C2N(c3ccsn3)C(c3nn[nH]n3)(c3nccs3)N(c3ncco3)C2(C2=NCCO2)c2cn[nH]n2)[nH]n1. The minimum absolute atomic E-state index is 0.198. The zero-order valence-corrected chi connectivity index (χ0v) is 21.8. The molecule has 17 nitrogen and oxygen atoms in total. The largest absolute Gasteiger partial charge is 0.477 e. The number of aliphatic imine (C=N–C) groups is 1. The highest BCUT2D eigenvalue weighted by Gasteiger charge is 2.76. The standard InChI is InChI=1S/C21H17N15O2S2/c1-3-25-27-12(1)15-20(13-11-26-32-28-13,17-22-4-7-37-17)36(19-24-5-8-38-19)21(16-29-33-34-30-16,18-23-6-10-39-18)35(15)14-2-9-40-31-14/h1-3,5-6,8-11,15H,4,7H2,(H,25,27)(H,26,28,32)(H,29,30,33,34). The lowest BCUT2D eigenvalue weighted by Crippen LogP contribution is -2.59. The van der Waals surface area contributed by atoms with Gasteiger partial charge in [-0.15, -0.1) is 21.5 Å². The van der Waals surface area contributed by atoms with Crippen molar-refractivity contribution in [2.45, 2.75) is 17.2 Å². The molecule has 19 heteroatoms. The molecule has 0 amide bonds. The summed E-state index contributed by atoms with van der Waals surface area (Å²) in [5, 5.41) is 39.0. The van der Waals surface area contributed by atoms with Crippen LogP contribution in [0.2, 0.25) is 0 Å². The van der Waals surface area contributed by atoms with Crippen molar-refractivity contribution in [2.75, 3.05) is 23.0 Å². The van der Waals surface area contributed by atoms with Crippen molar-refractivity contribution in [3.63, 3.8) is 0 Å². The molecule has 6 aromatic heterocycles. The van der Waals surface area contributed by atoms with Gasteiger partial charge in [0.25, 0.3) is 0 Å². The molecule has 0 aromatic carbocycles. The molecule has 8 heterocycles. The van der Waals surface area contributed by atoms with Crippen molar-refractivity contribution in [2.24, 2.45) is 4.99 Å². The molecule has 0 saturated carbocycles. The minimum Gasteiger partial charge on any atom is -0.477 e. The number of oxazole rings is 1. The molecule has 1 saturated heterocycles. The third kappa shape index (κ3) is 2.89. The van der Waals surface area contributed by atoms with Crippen molar-refractivity contribution in [3.8, 4) is 0 Å². The Morgan fingerprint density at radius 3 is 2.70 bits per heavy atom. The summed E-state index contributed by atoms with van der Waals surface area (Å²) in [5.74, 6) is 1.20. The summed E-state index contributed by atoms with van der Waals surface area (Å²) < 4.78 is 17.2. The summed E-state index contributed by atoms with van der Waals surface area (Å²) in [6.07, 6.45) is 8.04. The van der Waals surface area contributed by atoms with Crippen molar-refractivity contribution >= 4 is 40.6 Å². The van der Waals surface area contributed by atoms with Crippen LogP contribution in [0, 0.1) is 0 Å². The number of nitrogens with zero attached hydrogens (tertiary/aromatic N) is 12. The quantitative estimate of drug-likeness (QED) is 0.245. The lowest BCUT2D eigenvalue weighted by Gasteiger charge is -2.42. The first-order valence-electron chi connectivity index (χ1n) is 11.9. The maximum absolute atomic E-state index is 6.31. The molecule has 0 spiro atoms. The number of aromatic nitrogens is 12. The Bertz CT molecular complexity index is 1670. The van der Waals surface area contributed by atoms with E-state index in [1.54, 1.807) is 24.8 Å². The normalized spacial score (nSPS) is 24.5. The highest BCUT2D eigenvalue weighted by Crippen LogP contribution is 2.63. The van der Waals surface area contributed by atoms with Gasteiger partial charge in [-0.2, -0.15) is 30.1 Å². The molecule has 40 heavy (non-hydrogen) atoms. The van der Waals surface area contributed by atoms with Crippen LogP contribution in [-0.2, 0) is 15.9 Å². The van der Waals surface area contributed by atoms with Crippen molar-refractivity contribution in [3.05, 3.63) is 76.2 Å². The maximum atomic E-state index is 6.31. The average molecular weight is 576 g/mol. The molecular formula is C21H17N15O2S2. The van der Waals surface area contributed by atoms with Crippen LogP contribution in [0.3, 0.4) is 0 Å². The molecule has 0 bridgehead atoms. The number of H-pyrrole nitrogens is 3. The maximum Gasteiger partial charge on any atom is 0.301 e. The number of hydrogen-bond donors (Lipinski definition) is 3. The van der Waals surface area contributed by atoms with E-state index in [9.17, 15) is 0 Å². The fourth-order valence-electron chi connectivity index (χ4n) is 5.62. The molecule has 2 aliphatic rings. The molecule has 2 aliphatic heterocycles. The Balaban J connectivity index is 1.61. The summed E-state index contributed by atoms with van der Waals surface area (Å²) in [6, 6.07) is 3.26. The summed E-state index contributed by atoms with van der Waals surface area (Å²) in [6.45, 7) is 0.806. The van der Waals surface area contributed by atoms with Crippen LogP contribution in [-0.4, -0.2) is 79.6 Å². The van der Waals surface area contributed by atoms with Gasteiger partial charge in [0, 0.05) is 23.2 Å². The monoisotopic (exact) mass is 575 g/mol. The first-order valence-corrected chi connectivity index (χ1v) is 13.6. The predicted molar refractivity (Wildman–Crippen MR) is 138 cm³/mol. The Hall–Kier alpha value is -5.04. The number of hydrogen-bond acceptors (Lipinski definition) is 16. The molecular weight excluding hydrogens is 558 g/mol. The zero-order chi connectivity index (χ0) is 26.6. The van der Waals surface area contributed by atoms with Crippen LogP contribution in [0.25, 0.3) is 0 Å². The Labute approximate surface area is 231 Å². The summed E-state index contributed by atoms with van der Waals surface area (Å²) in [5.41, 5.74) is -1.71. The van der Waals surface area contributed by atoms with Gasteiger partial charge in [0.2, 0.25) is 17.4 Å². The molecule has 3 unspecified atom stereocenters. The smallest absolute Gasteiger partial charge is 0.301 e. The Morgan fingerprint density at radius 2 is 2.05 bits per heavy atom. The summed E-state index contributed by atoms with van der Waals surface area (Å²) >= 11 is 2.70. The van der Waals surface area contributed by atoms with Gasteiger partial charge < -0.3 is 14.1 Å². The van der Waals surface area contributed by atoms with E-state index in [1.807, 2.05) is 32.7 Å². The predicted octanol–water partition coefficient (Wildman–Crippen LogP) is 1.24. The second kappa shape index (κ2) is 8.74. The van der Waals surface area contributed by atoms with Gasteiger partial charge >= 0.3 is 6.01 Å². The number of tetrazole rings is 1. The van der Waals surface area contributed by atoms with E-state index >= 15 is 0 Å². The number of ether oxygens (including phenoxy) is 1. The van der Waals surface area contributed by atoms with E-state index in [-0.39, 0.29) is 11.8 Å². The zero-order valence-electron chi connectivity index (χ0n) is 20.2. The van der Waals surface area contributed by atoms with Gasteiger partial charge in [0.1, 0.15) is 35.4 Å². The topological polar surface area (TPSA) is 205 Å². The van der Waals surface area contributed by atoms with Crippen molar-refractivity contribution in [1.82, 2.24) is 60.6 Å². The summed E-state index contributed by atoms with van der Waals surface area (Å²) in [4.78, 5) is 18.2. The molecule has 0 aliphatic carbocycles.